The molecule has 2 N–H and O–H groups in total. The van der Waals surface area contributed by atoms with Gasteiger partial charge in [0.1, 0.15) is 11.6 Å². The number of likely N-dealkylation sites (tertiary alicyclic amines) is 1. The molecule has 1 aromatic carbocycles. The highest BCUT2D eigenvalue weighted by molar-refractivity contribution is 5.38. The molecule has 0 saturated carbocycles. The molecule has 0 radical (unpaired) electrons. The fourth-order valence-electron chi connectivity index (χ4n) is 3.90. The molecule has 21 heavy (non-hydrogen) atoms. The molecule has 0 bridgehead atoms. The lowest BCUT2D eigenvalue weighted by molar-refractivity contribution is 0.0882. The Balaban J connectivity index is 1.70. The number of ether oxygens (including phenoxy) is 1. The topological polar surface area (TPSA) is 38.5 Å². The number of rotatable bonds is 2. The van der Waals surface area contributed by atoms with Crippen molar-refractivity contribution in [1.82, 2.24) is 4.90 Å². The van der Waals surface area contributed by atoms with E-state index in [0.717, 1.165) is 42.8 Å². The van der Waals surface area contributed by atoms with Crippen molar-refractivity contribution < 1.29 is 9.13 Å². The Kier molecular flexibility index (Phi) is 4.18. The van der Waals surface area contributed by atoms with Gasteiger partial charge in [0.2, 0.25) is 0 Å². The van der Waals surface area contributed by atoms with Crippen molar-refractivity contribution in [3.63, 3.8) is 0 Å². The van der Waals surface area contributed by atoms with Crippen molar-refractivity contribution in [2.75, 3.05) is 26.2 Å². The molecule has 1 fully saturated rings. The van der Waals surface area contributed by atoms with E-state index in [9.17, 15) is 4.39 Å². The van der Waals surface area contributed by atoms with Gasteiger partial charge in [-0.2, -0.15) is 0 Å². The molecule has 3 nitrogen and oxygen atoms in total. The molecule has 0 aromatic heterocycles. The molecule has 116 valence electrons. The lowest BCUT2D eigenvalue weighted by Gasteiger charge is -2.39. The highest BCUT2D eigenvalue weighted by Gasteiger charge is 2.32. The Morgan fingerprint density at radius 2 is 2.00 bits per heavy atom. The van der Waals surface area contributed by atoms with Crippen LogP contribution in [0.3, 0.4) is 0 Å². The molecule has 1 saturated heterocycles. The van der Waals surface area contributed by atoms with E-state index in [1.807, 2.05) is 0 Å². The average Bonchev–Trinajstić information content (AvgIpc) is 2.41. The van der Waals surface area contributed by atoms with Gasteiger partial charge in [0.05, 0.1) is 6.61 Å². The summed E-state index contributed by atoms with van der Waals surface area (Å²) < 4.78 is 19.2. The number of hydrogen-bond donors (Lipinski definition) is 1. The van der Waals surface area contributed by atoms with Crippen LogP contribution in [-0.4, -0.2) is 31.1 Å². The van der Waals surface area contributed by atoms with Crippen molar-refractivity contribution in [2.24, 2.45) is 23.5 Å². The first kappa shape index (κ1) is 14.8. The summed E-state index contributed by atoms with van der Waals surface area (Å²) >= 11 is 0. The summed E-state index contributed by atoms with van der Waals surface area (Å²) in [6.45, 7) is 8.44. The van der Waals surface area contributed by atoms with Gasteiger partial charge in [-0.05, 0) is 36.5 Å². The average molecular weight is 292 g/mol. The van der Waals surface area contributed by atoms with Crippen molar-refractivity contribution in [3.8, 4) is 5.75 Å². The van der Waals surface area contributed by atoms with Crippen molar-refractivity contribution >= 4 is 0 Å². The third-order valence-corrected chi connectivity index (χ3v) is 4.73. The minimum atomic E-state index is -0.242. The maximum absolute atomic E-state index is 13.4. The number of piperidine rings is 1. The normalized spacial score (nSPS) is 33.3. The molecule has 0 spiro atoms. The van der Waals surface area contributed by atoms with Gasteiger partial charge >= 0.3 is 0 Å². The quantitative estimate of drug-likeness (QED) is 0.911. The van der Waals surface area contributed by atoms with E-state index >= 15 is 0 Å². The monoisotopic (exact) mass is 292 g/mol. The van der Waals surface area contributed by atoms with Crippen LogP contribution < -0.4 is 10.5 Å². The molecule has 2 aliphatic heterocycles. The molecule has 3 rings (SSSR count). The van der Waals surface area contributed by atoms with E-state index in [-0.39, 0.29) is 17.8 Å². The maximum Gasteiger partial charge on any atom is 0.124 e. The van der Waals surface area contributed by atoms with E-state index in [1.54, 1.807) is 6.07 Å². The Hall–Kier alpha value is -1.13. The SMILES string of the molecule is CC1CC(C)CN(CC2COc3ccc(F)cc3C2N)C1. The summed E-state index contributed by atoms with van der Waals surface area (Å²) in [5.74, 6) is 2.20. The molecule has 0 aliphatic carbocycles. The molecule has 4 unspecified atom stereocenters. The molecule has 0 amide bonds. The largest absolute Gasteiger partial charge is 0.493 e. The third kappa shape index (κ3) is 3.22. The van der Waals surface area contributed by atoms with Gasteiger partial charge in [0.15, 0.2) is 0 Å². The van der Waals surface area contributed by atoms with Crippen LogP contribution in [0, 0.1) is 23.6 Å². The molecule has 4 atom stereocenters. The Morgan fingerprint density at radius 1 is 1.29 bits per heavy atom. The zero-order valence-electron chi connectivity index (χ0n) is 12.9. The van der Waals surface area contributed by atoms with Crippen LogP contribution in [0.4, 0.5) is 4.39 Å². The zero-order valence-corrected chi connectivity index (χ0v) is 12.9. The second kappa shape index (κ2) is 5.93. The van der Waals surface area contributed by atoms with Crippen LogP contribution in [0.1, 0.15) is 31.9 Å². The van der Waals surface area contributed by atoms with Crippen LogP contribution in [0.25, 0.3) is 0 Å². The van der Waals surface area contributed by atoms with Crippen LogP contribution in [-0.2, 0) is 0 Å². The number of fused-ring (bicyclic) bond motifs is 1. The van der Waals surface area contributed by atoms with E-state index < -0.39 is 0 Å². The third-order valence-electron chi connectivity index (χ3n) is 4.73. The van der Waals surface area contributed by atoms with E-state index in [4.69, 9.17) is 10.5 Å². The molecule has 2 aliphatic rings. The maximum atomic E-state index is 13.4. The van der Waals surface area contributed by atoms with Gasteiger partial charge < -0.3 is 15.4 Å². The van der Waals surface area contributed by atoms with E-state index in [1.165, 1.54) is 18.6 Å². The number of benzene rings is 1. The summed E-state index contributed by atoms with van der Waals surface area (Å²) in [6, 6.07) is 4.50. The first-order valence-corrected chi connectivity index (χ1v) is 7.93. The summed E-state index contributed by atoms with van der Waals surface area (Å²) in [7, 11) is 0. The number of halogens is 1. The van der Waals surface area contributed by atoms with Crippen LogP contribution in [0.5, 0.6) is 5.75 Å². The minimum absolute atomic E-state index is 0.142. The number of nitrogens with two attached hydrogens (primary N) is 1. The molecule has 2 heterocycles. The van der Waals surface area contributed by atoms with Crippen molar-refractivity contribution in [3.05, 3.63) is 29.6 Å². The zero-order chi connectivity index (χ0) is 15.0. The summed E-state index contributed by atoms with van der Waals surface area (Å²) in [4.78, 5) is 2.50. The van der Waals surface area contributed by atoms with Gasteiger partial charge in [-0.25, -0.2) is 4.39 Å². The number of nitrogens with zero attached hydrogens (tertiary/aromatic N) is 1. The second-order valence-corrected chi connectivity index (χ2v) is 6.94. The van der Waals surface area contributed by atoms with Gasteiger partial charge in [0.25, 0.3) is 0 Å². The first-order valence-electron chi connectivity index (χ1n) is 7.93. The predicted octanol–water partition coefficient (Wildman–Crippen LogP) is 2.81. The van der Waals surface area contributed by atoms with Gasteiger partial charge in [0, 0.05) is 37.2 Å². The fraction of sp³-hybridized carbons (Fsp3) is 0.647. The summed E-state index contributed by atoms with van der Waals surface area (Å²) in [6.07, 6.45) is 1.30. The Morgan fingerprint density at radius 3 is 2.71 bits per heavy atom. The molecular formula is C17H25FN2O. The lowest BCUT2D eigenvalue weighted by Crippen LogP contribution is -2.45. The second-order valence-electron chi connectivity index (χ2n) is 6.94. The van der Waals surface area contributed by atoms with Crippen LogP contribution in [0.2, 0.25) is 0 Å². The lowest BCUT2D eigenvalue weighted by atomic mass is 9.88. The predicted molar refractivity (Wildman–Crippen MR) is 81.7 cm³/mol. The summed E-state index contributed by atoms with van der Waals surface area (Å²) in [5.41, 5.74) is 7.18. The smallest absolute Gasteiger partial charge is 0.124 e. The van der Waals surface area contributed by atoms with Gasteiger partial charge in [-0.1, -0.05) is 13.8 Å². The van der Waals surface area contributed by atoms with E-state index in [2.05, 4.69) is 18.7 Å². The highest BCUT2D eigenvalue weighted by atomic mass is 19.1. The van der Waals surface area contributed by atoms with Crippen molar-refractivity contribution in [2.45, 2.75) is 26.3 Å². The molecule has 4 heteroatoms. The van der Waals surface area contributed by atoms with Crippen LogP contribution in [0.15, 0.2) is 18.2 Å². The Labute approximate surface area is 126 Å². The Bertz CT molecular complexity index is 498. The summed E-state index contributed by atoms with van der Waals surface area (Å²) in [5, 5.41) is 0. The number of hydrogen-bond acceptors (Lipinski definition) is 3. The molecular weight excluding hydrogens is 267 g/mol. The first-order chi connectivity index (χ1) is 10.0. The van der Waals surface area contributed by atoms with E-state index in [0.29, 0.717) is 6.61 Å². The fourth-order valence-corrected chi connectivity index (χ4v) is 3.90. The highest BCUT2D eigenvalue weighted by Crippen LogP contribution is 2.35. The standard InChI is InChI=1S/C17H25FN2O/c1-11-5-12(2)8-20(7-11)9-13-10-21-16-4-3-14(18)6-15(16)17(13)19/h3-4,6,11-13,17H,5,7-10,19H2,1-2H3. The molecule has 1 aromatic rings. The van der Waals surface area contributed by atoms with Gasteiger partial charge in [-0.3, -0.25) is 0 Å². The van der Waals surface area contributed by atoms with Crippen molar-refractivity contribution in [1.29, 1.82) is 0 Å². The minimum Gasteiger partial charge on any atom is -0.493 e. The van der Waals surface area contributed by atoms with Crippen LogP contribution >= 0.6 is 0 Å². The van der Waals surface area contributed by atoms with Gasteiger partial charge in [-0.15, -0.1) is 0 Å².